The molecule has 28 heavy (non-hydrogen) atoms. The highest BCUT2D eigenvalue weighted by molar-refractivity contribution is 6.35. The zero-order valence-corrected chi connectivity index (χ0v) is 17.1. The normalized spacial score (nSPS) is 14.0. The van der Waals surface area contributed by atoms with Gasteiger partial charge in [-0.15, -0.1) is 0 Å². The maximum Gasteiger partial charge on any atom is 0.257 e. The molecule has 8 heteroatoms. The van der Waals surface area contributed by atoms with Crippen LogP contribution in [0.25, 0.3) is 0 Å². The molecule has 0 atom stereocenters. The topological polar surface area (TPSA) is 59.1 Å². The molecule has 0 aromatic heterocycles. The molecule has 3 rings (SSSR count). The second kappa shape index (κ2) is 8.71. The number of benzene rings is 2. The van der Waals surface area contributed by atoms with E-state index in [0.29, 0.717) is 58.9 Å². The van der Waals surface area contributed by atoms with Gasteiger partial charge in [-0.3, -0.25) is 9.59 Å². The smallest absolute Gasteiger partial charge is 0.257 e. The van der Waals surface area contributed by atoms with E-state index in [4.69, 9.17) is 32.7 Å². The lowest BCUT2D eigenvalue weighted by molar-refractivity contribution is 0.0533. The third-order valence-corrected chi connectivity index (χ3v) is 5.03. The summed E-state index contributed by atoms with van der Waals surface area (Å²) in [5.74, 6) is 0.589. The van der Waals surface area contributed by atoms with Gasteiger partial charge >= 0.3 is 0 Å². The zero-order chi connectivity index (χ0) is 20.3. The van der Waals surface area contributed by atoms with Crippen molar-refractivity contribution in [2.45, 2.75) is 0 Å². The van der Waals surface area contributed by atoms with Crippen molar-refractivity contribution in [3.8, 4) is 11.5 Å². The van der Waals surface area contributed by atoms with Crippen LogP contribution in [0.15, 0.2) is 36.4 Å². The second-order valence-electron chi connectivity index (χ2n) is 6.28. The third-order valence-electron chi connectivity index (χ3n) is 4.60. The molecule has 1 fully saturated rings. The first-order valence-electron chi connectivity index (χ1n) is 8.70. The monoisotopic (exact) mass is 422 g/mol. The lowest BCUT2D eigenvalue weighted by Gasteiger charge is -2.35. The van der Waals surface area contributed by atoms with Crippen molar-refractivity contribution in [3.05, 3.63) is 57.6 Å². The number of halogens is 2. The number of hydrogen-bond acceptors (Lipinski definition) is 4. The van der Waals surface area contributed by atoms with Gasteiger partial charge in [0.2, 0.25) is 0 Å². The van der Waals surface area contributed by atoms with E-state index in [2.05, 4.69) is 0 Å². The first-order chi connectivity index (χ1) is 13.4. The Morgan fingerprint density at radius 2 is 1.43 bits per heavy atom. The molecule has 2 aromatic rings. The van der Waals surface area contributed by atoms with Gasteiger partial charge in [0, 0.05) is 41.8 Å². The first kappa shape index (κ1) is 20.3. The molecular weight excluding hydrogens is 403 g/mol. The molecule has 0 N–H and O–H groups in total. The van der Waals surface area contributed by atoms with Crippen LogP contribution in [0.2, 0.25) is 10.0 Å². The summed E-state index contributed by atoms with van der Waals surface area (Å²) >= 11 is 12.0. The van der Waals surface area contributed by atoms with Crippen LogP contribution in [-0.4, -0.2) is 62.0 Å². The molecule has 2 aromatic carbocycles. The predicted molar refractivity (Wildman–Crippen MR) is 108 cm³/mol. The minimum atomic E-state index is -0.159. The number of nitrogens with zero attached hydrogens (tertiary/aromatic N) is 2. The van der Waals surface area contributed by atoms with E-state index >= 15 is 0 Å². The number of methoxy groups -OCH3 is 2. The van der Waals surface area contributed by atoms with E-state index < -0.39 is 0 Å². The average Bonchev–Trinajstić information content (AvgIpc) is 2.71. The Bertz CT molecular complexity index is 876. The molecule has 1 saturated heterocycles. The van der Waals surface area contributed by atoms with Crippen LogP contribution in [-0.2, 0) is 0 Å². The van der Waals surface area contributed by atoms with Crippen molar-refractivity contribution < 1.29 is 19.1 Å². The number of hydrogen-bond donors (Lipinski definition) is 0. The number of carbonyl (C=O) groups is 2. The average molecular weight is 423 g/mol. The molecule has 1 heterocycles. The van der Waals surface area contributed by atoms with Crippen molar-refractivity contribution >= 4 is 35.0 Å². The summed E-state index contributed by atoms with van der Waals surface area (Å²) in [6.07, 6.45) is 0. The fourth-order valence-corrected chi connectivity index (χ4v) is 3.72. The highest BCUT2D eigenvalue weighted by Crippen LogP contribution is 2.31. The van der Waals surface area contributed by atoms with Gasteiger partial charge in [0.1, 0.15) is 0 Å². The maximum atomic E-state index is 12.9. The number of piperazine rings is 1. The second-order valence-corrected chi connectivity index (χ2v) is 7.16. The highest BCUT2D eigenvalue weighted by Gasteiger charge is 2.28. The highest BCUT2D eigenvalue weighted by atomic mass is 35.5. The summed E-state index contributed by atoms with van der Waals surface area (Å²) < 4.78 is 10.6. The van der Waals surface area contributed by atoms with Crippen molar-refractivity contribution in [3.63, 3.8) is 0 Å². The Morgan fingerprint density at radius 3 is 1.96 bits per heavy atom. The van der Waals surface area contributed by atoms with E-state index in [0.717, 1.165) is 0 Å². The van der Waals surface area contributed by atoms with E-state index in [9.17, 15) is 9.59 Å². The van der Waals surface area contributed by atoms with E-state index in [1.165, 1.54) is 14.2 Å². The molecular formula is C20H20Cl2N2O4. The van der Waals surface area contributed by atoms with Crippen molar-refractivity contribution in [1.29, 1.82) is 0 Å². The summed E-state index contributed by atoms with van der Waals surface area (Å²) in [6, 6.07) is 9.95. The van der Waals surface area contributed by atoms with Crippen molar-refractivity contribution in [2.75, 3.05) is 40.4 Å². The Balaban J connectivity index is 1.70. The molecule has 1 aliphatic heterocycles. The summed E-state index contributed by atoms with van der Waals surface area (Å²) in [6.45, 7) is 1.67. The molecule has 1 aliphatic rings. The molecule has 0 bridgehead atoms. The summed E-state index contributed by atoms with van der Waals surface area (Å²) in [5.41, 5.74) is 0.870. The number of amides is 2. The summed E-state index contributed by atoms with van der Waals surface area (Å²) in [5, 5.41) is 0.824. The summed E-state index contributed by atoms with van der Waals surface area (Å²) in [4.78, 5) is 29.0. The quantitative estimate of drug-likeness (QED) is 0.754. The van der Waals surface area contributed by atoms with Crippen LogP contribution in [0.1, 0.15) is 20.7 Å². The lowest BCUT2D eigenvalue weighted by Crippen LogP contribution is -2.50. The maximum absolute atomic E-state index is 12.9. The minimum absolute atomic E-state index is 0.157. The molecule has 0 unspecified atom stereocenters. The van der Waals surface area contributed by atoms with E-state index in [1.54, 1.807) is 46.2 Å². The van der Waals surface area contributed by atoms with Gasteiger partial charge in [-0.1, -0.05) is 29.3 Å². The van der Waals surface area contributed by atoms with Crippen LogP contribution >= 0.6 is 23.2 Å². The minimum Gasteiger partial charge on any atom is -0.493 e. The Hall–Kier alpha value is -2.44. The first-order valence-corrected chi connectivity index (χ1v) is 9.46. The van der Waals surface area contributed by atoms with Crippen LogP contribution in [0.5, 0.6) is 11.5 Å². The molecule has 0 saturated carbocycles. The van der Waals surface area contributed by atoms with Gasteiger partial charge in [0.05, 0.1) is 19.8 Å². The zero-order valence-electron chi connectivity index (χ0n) is 15.6. The fourth-order valence-electron chi connectivity index (χ4n) is 3.20. The lowest BCUT2D eigenvalue weighted by atomic mass is 10.1. The van der Waals surface area contributed by atoms with Gasteiger partial charge < -0.3 is 19.3 Å². The number of para-hydroxylation sites is 1. The molecule has 148 valence electrons. The molecule has 0 aliphatic carbocycles. The van der Waals surface area contributed by atoms with Crippen LogP contribution < -0.4 is 9.47 Å². The van der Waals surface area contributed by atoms with Gasteiger partial charge in [-0.25, -0.2) is 0 Å². The van der Waals surface area contributed by atoms with Crippen LogP contribution in [0.4, 0.5) is 0 Å². The van der Waals surface area contributed by atoms with Crippen LogP contribution in [0, 0.1) is 0 Å². The summed E-state index contributed by atoms with van der Waals surface area (Å²) in [7, 11) is 3.03. The van der Waals surface area contributed by atoms with Gasteiger partial charge in [0.15, 0.2) is 11.5 Å². The van der Waals surface area contributed by atoms with Gasteiger partial charge in [-0.05, 0) is 30.3 Å². The number of ether oxygens (including phenoxy) is 2. The fraction of sp³-hybridized carbons (Fsp3) is 0.300. The standard InChI is InChI=1S/C20H20Cl2N2O4/c1-27-17-5-3-4-16(18(17)28-2)20(26)24-8-6-23(7-9-24)19(25)13-10-14(21)12-15(22)11-13/h3-5,10-12H,6-9H2,1-2H3. The Labute approximate surface area is 173 Å². The predicted octanol–water partition coefficient (Wildman–Crippen LogP) is 3.61. The van der Waals surface area contributed by atoms with Crippen LogP contribution in [0.3, 0.4) is 0 Å². The molecule has 2 amide bonds. The Kier molecular flexibility index (Phi) is 6.31. The SMILES string of the molecule is COc1cccc(C(=O)N2CCN(C(=O)c3cc(Cl)cc(Cl)c3)CC2)c1OC. The van der Waals surface area contributed by atoms with Gasteiger partial charge in [-0.2, -0.15) is 0 Å². The Morgan fingerprint density at radius 1 is 0.857 bits per heavy atom. The molecule has 6 nitrogen and oxygen atoms in total. The van der Waals surface area contributed by atoms with Crippen molar-refractivity contribution in [1.82, 2.24) is 9.80 Å². The van der Waals surface area contributed by atoms with E-state index in [1.807, 2.05) is 0 Å². The van der Waals surface area contributed by atoms with E-state index in [-0.39, 0.29) is 11.8 Å². The number of rotatable bonds is 4. The largest absolute Gasteiger partial charge is 0.493 e. The third kappa shape index (κ3) is 4.18. The number of carbonyl (C=O) groups excluding carboxylic acids is 2. The molecule has 0 spiro atoms. The van der Waals surface area contributed by atoms with Gasteiger partial charge in [0.25, 0.3) is 11.8 Å². The van der Waals surface area contributed by atoms with Crippen molar-refractivity contribution in [2.24, 2.45) is 0 Å². The molecule has 0 radical (unpaired) electrons.